The Bertz CT molecular complexity index is 3180. The van der Waals surface area contributed by atoms with Crippen LogP contribution in [0, 0.1) is 0 Å². The maximum absolute atomic E-state index is 12.4. The van der Waals surface area contributed by atoms with Crippen LogP contribution in [-0.4, -0.2) is 93.6 Å². The van der Waals surface area contributed by atoms with E-state index in [4.69, 9.17) is 17.3 Å². The van der Waals surface area contributed by atoms with Gasteiger partial charge in [-0.05, 0) is 83.7 Å². The molecule has 75 heavy (non-hydrogen) atoms. The van der Waals surface area contributed by atoms with E-state index in [-0.39, 0.29) is 524 Å². The Morgan fingerprint density at radius 1 is 0.547 bits per heavy atom. The number of urea groups is 1. The van der Waals surface area contributed by atoms with Gasteiger partial charge in [-0.15, -0.1) is 10.2 Å². The van der Waals surface area contributed by atoms with Gasteiger partial charge in [0.05, 0.1) is 37.6 Å². The van der Waals surface area contributed by atoms with Crippen LogP contribution in [0.4, 0.5) is 45.1 Å². The smallest absolute Gasteiger partial charge is 0.744 e. The summed E-state index contributed by atoms with van der Waals surface area (Å²) >= 11 is 6.06. The molecule has 2 amide bonds. The minimum Gasteiger partial charge on any atom is -0.744 e. The van der Waals surface area contributed by atoms with Crippen molar-refractivity contribution in [3.8, 4) is 0 Å². The summed E-state index contributed by atoms with van der Waals surface area (Å²) in [4.78, 5) is 20.0. The molecule has 314 valence electrons. The molecule has 0 aliphatic heterocycles. The first-order valence-corrected chi connectivity index (χ1v) is 22.8. The van der Waals surface area contributed by atoms with Gasteiger partial charge in [-0.3, -0.25) is 4.18 Å². The molecule has 0 bridgehead atoms. The molecule has 0 fully saturated rings. The number of hydrogen-bond donors (Lipinski definition) is 4. The van der Waals surface area contributed by atoms with Crippen molar-refractivity contribution in [2.24, 2.45) is 16.0 Å². The molecule has 0 spiro atoms. The number of sulfone groups is 1. The van der Waals surface area contributed by atoms with Gasteiger partial charge in [0.25, 0.3) is 0 Å². The van der Waals surface area contributed by atoms with Crippen LogP contribution < -0.4 is 495 Å². The van der Waals surface area contributed by atoms with Crippen LogP contribution in [0.15, 0.2) is 96.5 Å². The van der Waals surface area contributed by atoms with Crippen LogP contribution in [0.25, 0.3) is 10.8 Å². The van der Waals surface area contributed by atoms with Gasteiger partial charge in [0.15, 0.2) is 9.84 Å². The van der Waals surface area contributed by atoms with Crippen LogP contribution in [0.3, 0.4) is 0 Å². The number of rotatable bonds is 15. The maximum atomic E-state index is 12.4. The van der Waals surface area contributed by atoms with E-state index in [1.165, 1.54) is 30.3 Å². The second-order valence-corrected chi connectivity index (χ2v) is 18.9. The molecular formula is C28H20ClN9Na16O16S5+12. The molecule has 5 aromatic rings. The number of carbonyl (C=O) groups is 1. The van der Waals surface area contributed by atoms with Gasteiger partial charge >= 0.3 is 479 Å². The van der Waals surface area contributed by atoms with Crippen molar-refractivity contribution in [2.75, 3.05) is 28.3 Å². The molecule has 0 atom stereocenters. The van der Waals surface area contributed by atoms with Crippen molar-refractivity contribution in [3.05, 3.63) is 72.0 Å². The fourth-order valence-electron chi connectivity index (χ4n) is 4.82. The van der Waals surface area contributed by atoms with Crippen molar-refractivity contribution in [1.82, 2.24) is 15.0 Å². The number of anilines is 5. The van der Waals surface area contributed by atoms with Crippen LogP contribution in [0.1, 0.15) is 0 Å². The Morgan fingerprint density at radius 3 is 1.44 bits per heavy atom. The quantitative estimate of drug-likeness (QED) is 0.0327. The average Bonchev–Trinajstić information content (AvgIpc) is 3.08. The number of carbonyl (C=O) groups excluding carboxylic acids is 1. The summed E-state index contributed by atoms with van der Waals surface area (Å²) < 4.78 is 168. The third-order valence-corrected chi connectivity index (χ3v) is 12.1. The van der Waals surface area contributed by atoms with Crippen molar-refractivity contribution in [1.29, 1.82) is 0 Å². The number of benzene rings is 4. The molecule has 1 heterocycles. The molecule has 4 aromatic carbocycles. The fraction of sp³-hybridized carbons (Fsp3) is 0.0714. The molecule has 5 N–H and O–H groups in total. The summed E-state index contributed by atoms with van der Waals surface area (Å²) in [6, 6.07) is 9.35. The molecule has 25 nitrogen and oxygen atoms in total. The van der Waals surface area contributed by atoms with Gasteiger partial charge in [-0.2, -0.15) is 15.0 Å². The summed E-state index contributed by atoms with van der Waals surface area (Å²) in [7, 11) is -25.5. The number of amides is 2. The van der Waals surface area contributed by atoms with Crippen molar-refractivity contribution in [2.45, 2.75) is 19.6 Å². The second kappa shape index (κ2) is 50.9. The largest absolute Gasteiger partial charge is 1.00 e. The summed E-state index contributed by atoms with van der Waals surface area (Å²) in [6.45, 7) is -0.896. The standard InChI is InChI=1S/C28H24ClN9O16S5.16Na/c29-25-34-27(31-15-1-4-17(5-2-15)55(40,41)8-7-54-59(51,52)53)36-28(35-25)32-16-3-6-20(21(11-16)33-26(30)39)37-38-22-13-19-14(10-24(22)58(48,49)50)9-18(56(42,43)44)12-23(19)57(45,46)47;;;;;;;;;;;;;;;;/h1-6,9-13H,7-8H2,(H3,30,33,39)(H,42,43,44)(H,45,46,47)(H,48,49,50)(H,51,52,53)(H2,31,32,34,35,36);;;;;;;;;;;;;;;;/q;16*+1/p-4. The van der Waals surface area contributed by atoms with Gasteiger partial charge in [-0.25, -0.2) is 46.9 Å². The van der Waals surface area contributed by atoms with E-state index < -0.39 is 100 Å². The molecule has 0 aliphatic carbocycles. The monoisotopic (exact) mass is 1300 g/mol. The molecule has 0 unspecified atom stereocenters. The zero-order valence-corrected chi connectivity index (χ0v) is 81.4. The Hall–Kier alpha value is 10.5. The predicted molar refractivity (Wildman–Crippen MR) is 197 cm³/mol. The first-order chi connectivity index (χ1) is 27.2. The molecule has 0 saturated heterocycles. The molecule has 1 aromatic heterocycles. The molecule has 0 saturated carbocycles. The minimum atomic E-state index is -5.52. The predicted octanol–water partition coefficient (Wildman–Crippen LogP) is -45.9. The van der Waals surface area contributed by atoms with Crippen LogP contribution in [0.2, 0.25) is 5.28 Å². The maximum Gasteiger partial charge on any atom is 1.00 e. The average molecular weight is 1300 g/mol. The minimum absolute atomic E-state index is 0. The fourth-order valence-corrected chi connectivity index (χ4v) is 8.41. The Morgan fingerprint density at radius 2 is 1.00 bits per heavy atom. The molecule has 0 radical (unpaired) electrons. The van der Waals surface area contributed by atoms with E-state index in [1.807, 2.05) is 0 Å². The van der Waals surface area contributed by atoms with E-state index in [2.05, 4.69) is 45.3 Å². The Kier molecular flexibility index (Phi) is 76.7. The number of nitrogens with two attached hydrogens (primary N) is 1. The Labute approximate surface area is 792 Å². The van der Waals surface area contributed by atoms with Gasteiger partial charge in [0.1, 0.15) is 41.7 Å². The number of hydrogen-bond acceptors (Lipinski definition) is 23. The van der Waals surface area contributed by atoms with Crippen molar-refractivity contribution >= 4 is 119 Å². The number of fused-ring (bicyclic) bond motifs is 1. The zero-order valence-electron chi connectivity index (χ0n) is 44.5. The number of nitrogens with one attached hydrogen (secondary N) is 3. The van der Waals surface area contributed by atoms with Gasteiger partial charge in [0.2, 0.25) is 27.6 Å². The van der Waals surface area contributed by atoms with E-state index >= 15 is 0 Å². The first-order valence-electron chi connectivity index (χ1n) is 15.2. The van der Waals surface area contributed by atoms with Crippen LogP contribution in [-0.2, 0) is 54.8 Å². The first kappa shape index (κ1) is 113. The van der Waals surface area contributed by atoms with Crippen molar-refractivity contribution < 1.29 is 542 Å². The number of aromatic nitrogens is 3. The van der Waals surface area contributed by atoms with E-state index in [1.54, 1.807) is 0 Å². The van der Waals surface area contributed by atoms with Crippen LogP contribution >= 0.6 is 11.6 Å². The number of halogens is 1. The molecular weight excluding hydrogens is 1280 g/mol. The molecule has 47 heteroatoms. The summed E-state index contributed by atoms with van der Waals surface area (Å²) in [5.74, 6) is -1.19. The van der Waals surface area contributed by atoms with E-state index in [9.17, 15) is 65.1 Å². The van der Waals surface area contributed by atoms with Gasteiger partial charge in [0, 0.05) is 16.8 Å². The van der Waals surface area contributed by atoms with Gasteiger partial charge in [-0.1, -0.05) is 0 Å². The third-order valence-electron chi connectivity index (χ3n) is 7.23. The summed E-state index contributed by atoms with van der Waals surface area (Å²) in [5, 5.41) is 13.7. The SMILES string of the molecule is NC(=O)Nc1cc(Nc2nc(Cl)nc(Nc3ccc(S(=O)(=O)CCOS(=O)(=O)[O-])cc3)n2)ccc1N=Nc1cc2c(S(=O)(=O)[O-])cc(S(=O)(=O)[O-])cc2cc1S(=O)(=O)[O-].[Na+].[Na+].[Na+].[Na+].[Na+].[Na+].[Na+].[Na+].[Na+].[Na+].[Na+].[Na+].[Na+].[Na+].[Na+].[Na+]. The summed E-state index contributed by atoms with van der Waals surface area (Å²) in [6.07, 6.45) is 0. The van der Waals surface area contributed by atoms with Crippen molar-refractivity contribution in [3.63, 3.8) is 0 Å². The molecule has 5 rings (SSSR count). The third kappa shape index (κ3) is 38.3. The van der Waals surface area contributed by atoms with Gasteiger partial charge < -0.3 is 39.9 Å². The normalized spacial score (nSPS) is 10.0. The number of primary amides is 1. The topological polar surface area (TPSA) is 415 Å². The number of nitrogens with zero attached hydrogens (tertiary/aromatic N) is 5. The van der Waals surface area contributed by atoms with E-state index in [0.29, 0.717) is 18.2 Å². The zero-order chi connectivity index (χ0) is 43.7. The molecule has 0 aliphatic rings. The Balaban J connectivity index is -0.000000248. The van der Waals surface area contributed by atoms with Crippen LogP contribution in [0.5, 0.6) is 0 Å². The number of azo groups is 1. The second-order valence-electron chi connectivity index (χ2n) is 11.3. The summed E-state index contributed by atoms with van der Waals surface area (Å²) in [5.41, 5.74) is 4.29. The van der Waals surface area contributed by atoms with E-state index in [0.717, 1.165) is 12.1 Å².